The van der Waals surface area contributed by atoms with Gasteiger partial charge in [0.15, 0.2) is 5.69 Å². The zero-order chi connectivity index (χ0) is 13.5. The summed E-state index contributed by atoms with van der Waals surface area (Å²) in [5, 5.41) is 0. The van der Waals surface area contributed by atoms with Crippen molar-refractivity contribution in [1.29, 1.82) is 0 Å². The molecule has 0 bridgehead atoms. The van der Waals surface area contributed by atoms with E-state index < -0.39 is 11.9 Å². The Kier molecular flexibility index (Phi) is 2.51. The molecule has 0 aliphatic heterocycles. The summed E-state index contributed by atoms with van der Waals surface area (Å²) < 4.78 is 40.7. The minimum atomic E-state index is -4.49. The van der Waals surface area contributed by atoms with Crippen LogP contribution in [0.5, 0.6) is 0 Å². The second-order valence-electron chi connectivity index (χ2n) is 3.95. The summed E-state index contributed by atoms with van der Waals surface area (Å²) in [6.45, 7) is 0. The van der Waals surface area contributed by atoms with Crippen LogP contribution in [0.2, 0.25) is 0 Å². The second kappa shape index (κ2) is 4.08. The third-order valence-electron chi connectivity index (χ3n) is 2.71. The predicted molar refractivity (Wildman–Crippen MR) is 63.4 cm³/mol. The smallest absolute Gasteiger partial charge is 0.295 e. The van der Waals surface area contributed by atoms with E-state index in [1.807, 2.05) is 0 Å². The molecule has 3 aromatic rings. The van der Waals surface area contributed by atoms with Gasteiger partial charge in [-0.05, 0) is 24.3 Å². The average Bonchev–Trinajstić information content (AvgIpc) is 2.79. The van der Waals surface area contributed by atoms with Gasteiger partial charge in [0.05, 0.1) is 5.69 Å². The highest BCUT2D eigenvalue weighted by atomic mass is 19.4. The summed E-state index contributed by atoms with van der Waals surface area (Å²) in [5.74, 6) is 0. The van der Waals surface area contributed by atoms with Crippen molar-refractivity contribution in [3.05, 3.63) is 54.5 Å². The number of hydrogen-bond acceptors (Lipinski definition) is 2. The molecule has 3 aromatic heterocycles. The molecule has 0 fully saturated rings. The molecule has 19 heavy (non-hydrogen) atoms. The fraction of sp³-hybridized carbons (Fsp3) is 0.0769. The predicted octanol–water partition coefficient (Wildman–Crippen LogP) is 3.42. The van der Waals surface area contributed by atoms with Crippen LogP contribution in [0.4, 0.5) is 13.2 Å². The summed E-state index contributed by atoms with van der Waals surface area (Å²) in [6.07, 6.45) is -1.70. The standard InChI is InChI=1S/C13H8F3N3/c14-13(15,16)12-11(9-5-1-3-7-17-9)18-10-6-2-4-8-19(10)12/h1-8H. The maximum atomic E-state index is 13.2. The van der Waals surface area contributed by atoms with E-state index in [0.717, 1.165) is 4.40 Å². The molecule has 0 saturated heterocycles. The van der Waals surface area contributed by atoms with Crippen molar-refractivity contribution in [2.45, 2.75) is 6.18 Å². The maximum Gasteiger partial charge on any atom is 0.434 e. The van der Waals surface area contributed by atoms with Crippen LogP contribution in [0, 0.1) is 0 Å². The molecule has 0 N–H and O–H groups in total. The average molecular weight is 263 g/mol. The lowest BCUT2D eigenvalue weighted by atomic mass is 10.2. The Hall–Kier alpha value is -2.37. The van der Waals surface area contributed by atoms with E-state index in [1.54, 1.807) is 18.2 Å². The van der Waals surface area contributed by atoms with Crippen LogP contribution in [-0.4, -0.2) is 14.4 Å². The summed E-state index contributed by atoms with van der Waals surface area (Å²) in [7, 11) is 0. The van der Waals surface area contributed by atoms with Crippen molar-refractivity contribution >= 4 is 5.65 Å². The summed E-state index contributed by atoms with van der Waals surface area (Å²) in [5.41, 5.74) is -0.505. The molecule has 0 saturated carbocycles. The third kappa shape index (κ3) is 1.95. The summed E-state index contributed by atoms with van der Waals surface area (Å²) in [6, 6.07) is 9.49. The number of rotatable bonds is 1. The first kappa shape index (κ1) is 11.7. The van der Waals surface area contributed by atoms with Crippen LogP contribution >= 0.6 is 0 Å². The Morgan fingerprint density at radius 1 is 1.00 bits per heavy atom. The van der Waals surface area contributed by atoms with E-state index in [1.165, 1.54) is 30.6 Å². The lowest BCUT2D eigenvalue weighted by molar-refractivity contribution is -0.141. The highest BCUT2D eigenvalue weighted by Crippen LogP contribution is 2.36. The number of alkyl halides is 3. The Bertz CT molecular complexity index is 717. The number of imidazole rings is 1. The van der Waals surface area contributed by atoms with Gasteiger partial charge in [-0.2, -0.15) is 13.2 Å². The normalized spacial score (nSPS) is 11.9. The van der Waals surface area contributed by atoms with Crippen LogP contribution in [0.1, 0.15) is 5.69 Å². The Labute approximate surface area is 106 Å². The van der Waals surface area contributed by atoms with Crippen molar-refractivity contribution in [2.24, 2.45) is 0 Å². The fourth-order valence-electron chi connectivity index (χ4n) is 1.95. The highest BCUT2D eigenvalue weighted by molar-refractivity contribution is 5.63. The van der Waals surface area contributed by atoms with Gasteiger partial charge in [-0.1, -0.05) is 12.1 Å². The van der Waals surface area contributed by atoms with Crippen LogP contribution in [-0.2, 0) is 6.18 Å². The highest BCUT2D eigenvalue weighted by Gasteiger charge is 2.38. The van der Waals surface area contributed by atoms with Gasteiger partial charge >= 0.3 is 6.18 Å². The zero-order valence-electron chi connectivity index (χ0n) is 9.59. The first-order valence-electron chi connectivity index (χ1n) is 5.53. The van der Waals surface area contributed by atoms with E-state index in [2.05, 4.69) is 9.97 Å². The molecule has 6 heteroatoms. The van der Waals surface area contributed by atoms with E-state index in [9.17, 15) is 13.2 Å². The van der Waals surface area contributed by atoms with Crippen LogP contribution in [0.25, 0.3) is 17.0 Å². The topological polar surface area (TPSA) is 30.2 Å². The number of nitrogens with zero attached hydrogens (tertiary/aromatic N) is 3. The molecule has 0 aliphatic carbocycles. The molecule has 0 spiro atoms. The Balaban J connectivity index is 2.36. The first-order valence-corrected chi connectivity index (χ1v) is 5.53. The largest absolute Gasteiger partial charge is 0.434 e. The molecular formula is C13H8F3N3. The summed E-state index contributed by atoms with van der Waals surface area (Å²) >= 11 is 0. The minimum Gasteiger partial charge on any atom is -0.295 e. The number of halogens is 3. The molecule has 0 aliphatic rings. The van der Waals surface area contributed by atoms with Crippen molar-refractivity contribution in [3.8, 4) is 11.4 Å². The van der Waals surface area contributed by atoms with Gasteiger partial charge in [0.1, 0.15) is 11.3 Å². The van der Waals surface area contributed by atoms with Crippen LogP contribution in [0.15, 0.2) is 48.8 Å². The van der Waals surface area contributed by atoms with Crippen LogP contribution in [0.3, 0.4) is 0 Å². The summed E-state index contributed by atoms with van der Waals surface area (Å²) in [4.78, 5) is 7.97. The van der Waals surface area contributed by atoms with Gasteiger partial charge in [-0.25, -0.2) is 4.98 Å². The molecule has 3 rings (SSSR count). The lowest BCUT2D eigenvalue weighted by Crippen LogP contribution is -2.10. The molecule has 0 atom stereocenters. The van der Waals surface area contributed by atoms with Crippen molar-refractivity contribution in [3.63, 3.8) is 0 Å². The van der Waals surface area contributed by atoms with Crippen LogP contribution < -0.4 is 0 Å². The van der Waals surface area contributed by atoms with Gasteiger partial charge in [0.2, 0.25) is 0 Å². The van der Waals surface area contributed by atoms with Crippen molar-refractivity contribution in [1.82, 2.24) is 14.4 Å². The Morgan fingerprint density at radius 3 is 2.47 bits per heavy atom. The SMILES string of the molecule is FC(F)(F)c1c(-c2ccccn2)nc2ccccn12. The lowest BCUT2D eigenvalue weighted by Gasteiger charge is -2.08. The minimum absolute atomic E-state index is 0.153. The Morgan fingerprint density at radius 2 is 1.79 bits per heavy atom. The molecule has 3 nitrogen and oxygen atoms in total. The maximum absolute atomic E-state index is 13.2. The zero-order valence-corrected chi connectivity index (χ0v) is 9.59. The number of hydrogen-bond donors (Lipinski definition) is 0. The van der Waals surface area contributed by atoms with Gasteiger partial charge in [-0.15, -0.1) is 0 Å². The molecular weight excluding hydrogens is 255 g/mol. The van der Waals surface area contributed by atoms with E-state index in [0.29, 0.717) is 0 Å². The number of fused-ring (bicyclic) bond motifs is 1. The van der Waals surface area contributed by atoms with Gasteiger partial charge in [0.25, 0.3) is 0 Å². The van der Waals surface area contributed by atoms with E-state index in [-0.39, 0.29) is 17.0 Å². The monoisotopic (exact) mass is 263 g/mol. The second-order valence-corrected chi connectivity index (χ2v) is 3.95. The van der Waals surface area contributed by atoms with E-state index >= 15 is 0 Å². The molecule has 96 valence electrons. The molecule has 3 heterocycles. The fourth-order valence-corrected chi connectivity index (χ4v) is 1.95. The van der Waals surface area contributed by atoms with E-state index in [4.69, 9.17) is 0 Å². The number of aromatic nitrogens is 3. The molecule has 0 radical (unpaired) electrons. The van der Waals surface area contributed by atoms with Gasteiger partial charge < -0.3 is 0 Å². The third-order valence-corrected chi connectivity index (χ3v) is 2.71. The molecule has 0 unspecified atom stereocenters. The van der Waals surface area contributed by atoms with Gasteiger partial charge in [-0.3, -0.25) is 9.38 Å². The quantitative estimate of drug-likeness (QED) is 0.673. The molecule has 0 amide bonds. The first-order chi connectivity index (χ1) is 9.07. The van der Waals surface area contributed by atoms with Crippen molar-refractivity contribution in [2.75, 3.05) is 0 Å². The van der Waals surface area contributed by atoms with Gasteiger partial charge in [0, 0.05) is 12.4 Å². The van der Waals surface area contributed by atoms with Crippen molar-refractivity contribution < 1.29 is 13.2 Å². The molecule has 0 aromatic carbocycles. The number of pyridine rings is 2.